The molecule has 0 heterocycles. The van der Waals surface area contributed by atoms with Crippen LogP contribution >= 0.6 is 0 Å². The molecule has 0 unspecified atom stereocenters. The van der Waals surface area contributed by atoms with E-state index in [2.05, 4.69) is 20.8 Å². The van der Waals surface area contributed by atoms with Crippen molar-refractivity contribution in [1.29, 1.82) is 0 Å². The van der Waals surface area contributed by atoms with Crippen molar-refractivity contribution in [2.24, 2.45) is 5.73 Å². The monoisotopic (exact) mass is 327 g/mol. The van der Waals surface area contributed by atoms with Gasteiger partial charge in [0.05, 0.1) is 0 Å². The van der Waals surface area contributed by atoms with Crippen LogP contribution in [-0.2, 0) is 0 Å². The molecule has 0 radical (unpaired) electrons. The summed E-state index contributed by atoms with van der Waals surface area (Å²) in [4.78, 5) is 0. The van der Waals surface area contributed by atoms with Gasteiger partial charge >= 0.3 is 0 Å². The summed E-state index contributed by atoms with van der Waals surface area (Å²) >= 11 is 0. The Bertz CT molecular complexity index is 610. The van der Waals surface area contributed by atoms with Crippen molar-refractivity contribution in [1.82, 2.24) is 0 Å². The summed E-state index contributed by atoms with van der Waals surface area (Å²) in [7, 11) is 0. The first-order valence-corrected chi connectivity index (χ1v) is 8.44. The van der Waals surface area contributed by atoms with E-state index >= 15 is 0 Å². The van der Waals surface area contributed by atoms with Crippen molar-refractivity contribution in [3.8, 4) is 11.1 Å². The van der Waals surface area contributed by atoms with Crippen LogP contribution in [0.2, 0.25) is 0 Å². The average Bonchev–Trinajstić information content (AvgIpc) is 2.65. The Morgan fingerprint density at radius 3 is 1.88 bits per heavy atom. The molecule has 24 heavy (non-hydrogen) atoms. The lowest BCUT2D eigenvalue weighted by molar-refractivity contribution is 0.628. The number of nitrogens with two attached hydrogens (primary N) is 1. The van der Waals surface area contributed by atoms with Crippen LogP contribution in [0.5, 0.6) is 0 Å². The van der Waals surface area contributed by atoms with Gasteiger partial charge in [-0.15, -0.1) is 0 Å². The molecule has 0 aromatic heterocycles. The summed E-state index contributed by atoms with van der Waals surface area (Å²) in [5.41, 5.74) is 10.0. The second-order valence-corrected chi connectivity index (χ2v) is 5.05. The van der Waals surface area contributed by atoms with Crippen LogP contribution in [0.3, 0.4) is 0 Å². The lowest BCUT2D eigenvalue weighted by Gasteiger charge is -1.99. The van der Waals surface area contributed by atoms with E-state index in [0.29, 0.717) is 0 Å². The SMILES string of the molecule is CC.CC/C(C)=C(C)\C=C/N.Fc1ccc(-c2ccccc2)cc1. The van der Waals surface area contributed by atoms with Gasteiger partial charge in [0.1, 0.15) is 5.82 Å². The van der Waals surface area contributed by atoms with E-state index in [1.54, 1.807) is 18.3 Å². The number of rotatable bonds is 3. The molecule has 0 fully saturated rings. The van der Waals surface area contributed by atoms with E-state index in [9.17, 15) is 4.39 Å². The highest BCUT2D eigenvalue weighted by Crippen LogP contribution is 2.18. The van der Waals surface area contributed by atoms with Crippen LogP contribution in [0.1, 0.15) is 41.0 Å². The number of hydrogen-bond donors (Lipinski definition) is 1. The van der Waals surface area contributed by atoms with Crippen molar-refractivity contribution in [2.45, 2.75) is 41.0 Å². The zero-order chi connectivity index (χ0) is 18.4. The molecule has 0 aliphatic carbocycles. The fourth-order valence-electron chi connectivity index (χ4n) is 1.84. The molecule has 2 aromatic rings. The van der Waals surface area contributed by atoms with Gasteiger partial charge in [-0.25, -0.2) is 4.39 Å². The van der Waals surface area contributed by atoms with E-state index in [1.807, 2.05) is 50.3 Å². The molecule has 0 spiro atoms. The predicted molar refractivity (Wildman–Crippen MR) is 105 cm³/mol. The predicted octanol–water partition coefficient (Wildman–Crippen LogP) is 6.72. The van der Waals surface area contributed by atoms with E-state index < -0.39 is 0 Å². The van der Waals surface area contributed by atoms with Gasteiger partial charge in [-0.2, -0.15) is 0 Å². The highest BCUT2D eigenvalue weighted by molar-refractivity contribution is 5.62. The summed E-state index contributed by atoms with van der Waals surface area (Å²) in [6, 6.07) is 16.4. The first kappa shape index (κ1) is 21.7. The summed E-state index contributed by atoms with van der Waals surface area (Å²) in [5, 5.41) is 0. The minimum Gasteiger partial charge on any atom is -0.405 e. The molecule has 0 aliphatic heterocycles. The summed E-state index contributed by atoms with van der Waals surface area (Å²) < 4.78 is 12.6. The summed E-state index contributed by atoms with van der Waals surface area (Å²) in [6.45, 7) is 10.3. The molecule has 130 valence electrons. The molecule has 0 aliphatic rings. The van der Waals surface area contributed by atoms with Crippen LogP contribution in [0.15, 0.2) is 78.0 Å². The van der Waals surface area contributed by atoms with Gasteiger partial charge in [-0.3, -0.25) is 0 Å². The fraction of sp³-hybridized carbons (Fsp3) is 0.273. The topological polar surface area (TPSA) is 26.0 Å². The Labute approximate surface area is 146 Å². The summed E-state index contributed by atoms with van der Waals surface area (Å²) in [6.07, 6.45) is 4.61. The number of hydrogen-bond acceptors (Lipinski definition) is 1. The Hall–Kier alpha value is -2.35. The van der Waals surface area contributed by atoms with E-state index in [1.165, 1.54) is 23.3 Å². The van der Waals surface area contributed by atoms with Gasteiger partial charge in [0, 0.05) is 0 Å². The Morgan fingerprint density at radius 2 is 1.42 bits per heavy atom. The molecule has 1 nitrogen and oxygen atoms in total. The van der Waals surface area contributed by atoms with Gasteiger partial charge < -0.3 is 5.73 Å². The molecule has 2 heteroatoms. The van der Waals surface area contributed by atoms with Crippen LogP contribution in [0, 0.1) is 5.82 Å². The normalized spacial score (nSPS) is 10.9. The second kappa shape index (κ2) is 13.1. The standard InChI is InChI=1S/C12H9F.C8H15N.C2H6/c13-12-8-6-11(7-9-12)10-4-2-1-3-5-10;1-4-7(2)8(3)5-6-9;1-2/h1-9H;5-6H,4,9H2,1-3H3;1-2H3/b;6-5-,8-7-;. The minimum absolute atomic E-state index is 0.195. The van der Waals surface area contributed by atoms with Gasteiger partial charge in [-0.05, 0) is 55.8 Å². The molecule has 2 N–H and O–H groups in total. The van der Waals surface area contributed by atoms with Crippen LogP contribution in [-0.4, -0.2) is 0 Å². The van der Waals surface area contributed by atoms with Gasteiger partial charge in [0.15, 0.2) is 0 Å². The second-order valence-electron chi connectivity index (χ2n) is 5.05. The third-order valence-corrected chi connectivity index (χ3v) is 3.50. The van der Waals surface area contributed by atoms with E-state index in [-0.39, 0.29) is 5.82 Å². The third-order valence-electron chi connectivity index (χ3n) is 3.50. The zero-order valence-electron chi connectivity index (χ0n) is 15.5. The zero-order valence-corrected chi connectivity index (χ0v) is 15.5. The van der Waals surface area contributed by atoms with Crippen molar-refractivity contribution in [3.05, 3.63) is 83.8 Å². The number of allylic oxidation sites excluding steroid dienone is 3. The molecule has 0 bridgehead atoms. The van der Waals surface area contributed by atoms with Crippen molar-refractivity contribution >= 4 is 0 Å². The van der Waals surface area contributed by atoms with Crippen LogP contribution in [0.25, 0.3) is 11.1 Å². The lowest BCUT2D eigenvalue weighted by Crippen LogP contribution is -1.81. The molecular weight excluding hydrogens is 297 g/mol. The van der Waals surface area contributed by atoms with Crippen LogP contribution < -0.4 is 5.73 Å². The number of halogens is 1. The first-order chi connectivity index (χ1) is 11.6. The van der Waals surface area contributed by atoms with Crippen molar-refractivity contribution in [3.63, 3.8) is 0 Å². The van der Waals surface area contributed by atoms with Crippen LogP contribution in [0.4, 0.5) is 4.39 Å². The highest BCUT2D eigenvalue weighted by Gasteiger charge is 1.95. The molecule has 0 saturated carbocycles. The molecule has 2 aromatic carbocycles. The van der Waals surface area contributed by atoms with Crippen molar-refractivity contribution < 1.29 is 4.39 Å². The van der Waals surface area contributed by atoms with Gasteiger partial charge in [-0.1, -0.05) is 74.4 Å². The number of benzene rings is 2. The maximum absolute atomic E-state index is 12.6. The molecule has 0 amide bonds. The minimum atomic E-state index is -0.195. The molecule has 2 rings (SSSR count). The average molecular weight is 327 g/mol. The molecular formula is C22H30FN. The van der Waals surface area contributed by atoms with E-state index in [0.717, 1.165) is 17.5 Å². The Balaban J connectivity index is 0.000000426. The summed E-state index contributed by atoms with van der Waals surface area (Å²) in [5.74, 6) is -0.195. The quantitative estimate of drug-likeness (QED) is 0.622. The molecule has 0 atom stereocenters. The Morgan fingerprint density at radius 1 is 0.917 bits per heavy atom. The lowest BCUT2D eigenvalue weighted by atomic mass is 10.1. The Kier molecular flexibility index (Phi) is 11.8. The highest BCUT2D eigenvalue weighted by atomic mass is 19.1. The van der Waals surface area contributed by atoms with E-state index in [4.69, 9.17) is 5.73 Å². The maximum atomic E-state index is 12.6. The third kappa shape index (κ3) is 8.33. The first-order valence-electron chi connectivity index (χ1n) is 8.44. The fourth-order valence-corrected chi connectivity index (χ4v) is 1.84. The smallest absolute Gasteiger partial charge is 0.123 e. The maximum Gasteiger partial charge on any atom is 0.123 e. The largest absolute Gasteiger partial charge is 0.405 e. The van der Waals surface area contributed by atoms with Gasteiger partial charge in [0.25, 0.3) is 0 Å². The van der Waals surface area contributed by atoms with Crippen molar-refractivity contribution in [2.75, 3.05) is 0 Å². The van der Waals surface area contributed by atoms with Gasteiger partial charge in [0.2, 0.25) is 0 Å². The molecule has 0 saturated heterocycles.